The van der Waals surface area contributed by atoms with Crippen molar-refractivity contribution in [3.63, 3.8) is 0 Å². The molecule has 2 aromatic carbocycles. The van der Waals surface area contributed by atoms with Gasteiger partial charge in [0, 0.05) is 23.8 Å². The van der Waals surface area contributed by atoms with Crippen LogP contribution in [-0.2, 0) is 0 Å². The van der Waals surface area contributed by atoms with Gasteiger partial charge >= 0.3 is 0 Å². The maximum atomic E-state index is 12.3. The number of aromatic hydroxyl groups is 1. The van der Waals surface area contributed by atoms with Crippen LogP contribution < -0.4 is 10.2 Å². The minimum Gasteiger partial charge on any atom is -0.507 e. The monoisotopic (exact) mass is 364 g/mol. The Morgan fingerprint density at radius 1 is 1.04 bits per heavy atom. The van der Waals surface area contributed by atoms with E-state index in [1.165, 1.54) is 37.5 Å². The molecule has 1 fully saturated rings. The highest BCUT2D eigenvalue weighted by Gasteiger charge is 2.16. The number of piperidine rings is 1. The molecule has 3 rings (SSSR count). The number of benzene rings is 2. The SMILES string of the molecule is O=C(Nc1ccc(N2CCCCC2)c(Cl)c1)c1cc(Cl)ccc1O. The van der Waals surface area contributed by atoms with E-state index >= 15 is 0 Å². The molecule has 0 aromatic heterocycles. The van der Waals surface area contributed by atoms with Crippen molar-refractivity contribution in [2.75, 3.05) is 23.3 Å². The van der Waals surface area contributed by atoms with E-state index < -0.39 is 5.91 Å². The Kier molecular flexibility index (Phi) is 5.17. The van der Waals surface area contributed by atoms with Crippen LogP contribution in [0.2, 0.25) is 10.0 Å². The first-order valence-electron chi connectivity index (χ1n) is 7.89. The Balaban J connectivity index is 1.77. The molecule has 2 N–H and O–H groups in total. The third kappa shape index (κ3) is 3.77. The Hall–Kier alpha value is -1.91. The van der Waals surface area contributed by atoms with E-state index in [9.17, 15) is 9.90 Å². The van der Waals surface area contributed by atoms with Crippen LogP contribution in [0.1, 0.15) is 29.6 Å². The fourth-order valence-corrected chi connectivity index (χ4v) is 3.34. The van der Waals surface area contributed by atoms with Crippen molar-refractivity contribution in [1.29, 1.82) is 0 Å². The number of amides is 1. The van der Waals surface area contributed by atoms with Crippen LogP contribution in [0, 0.1) is 0 Å². The van der Waals surface area contributed by atoms with Gasteiger partial charge in [0.1, 0.15) is 5.75 Å². The number of halogens is 2. The highest BCUT2D eigenvalue weighted by Crippen LogP contribution is 2.31. The minimum atomic E-state index is -0.434. The summed E-state index contributed by atoms with van der Waals surface area (Å²) in [7, 11) is 0. The fourth-order valence-electron chi connectivity index (χ4n) is 2.86. The topological polar surface area (TPSA) is 52.6 Å². The van der Waals surface area contributed by atoms with E-state index in [0.29, 0.717) is 15.7 Å². The number of phenols is 1. The average molecular weight is 365 g/mol. The second kappa shape index (κ2) is 7.32. The number of phenolic OH excluding ortho intramolecular Hbond substituents is 1. The van der Waals surface area contributed by atoms with Gasteiger partial charge < -0.3 is 15.3 Å². The molecular formula is C18H18Cl2N2O2. The summed E-state index contributed by atoms with van der Waals surface area (Å²) in [6.07, 6.45) is 3.59. The molecule has 0 atom stereocenters. The van der Waals surface area contributed by atoms with Crippen LogP contribution in [-0.4, -0.2) is 24.1 Å². The zero-order chi connectivity index (χ0) is 17.1. The smallest absolute Gasteiger partial charge is 0.259 e. The van der Waals surface area contributed by atoms with Crippen LogP contribution in [0.3, 0.4) is 0 Å². The summed E-state index contributed by atoms with van der Waals surface area (Å²) in [5, 5.41) is 13.5. The van der Waals surface area contributed by atoms with Gasteiger partial charge in [-0.05, 0) is 55.7 Å². The van der Waals surface area contributed by atoms with Crippen molar-refractivity contribution < 1.29 is 9.90 Å². The fraction of sp³-hybridized carbons (Fsp3) is 0.278. The van der Waals surface area contributed by atoms with Crippen LogP contribution in [0.15, 0.2) is 36.4 Å². The molecule has 24 heavy (non-hydrogen) atoms. The van der Waals surface area contributed by atoms with Crippen molar-refractivity contribution >= 4 is 40.5 Å². The van der Waals surface area contributed by atoms with Gasteiger partial charge in [-0.3, -0.25) is 4.79 Å². The van der Waals surface area contributed by atoms with Crippen molar-refractivity contribution in [2.24, 2.45) is 0 Å². The summed E-state index contributed by atoms with van der Waals surface area (Å²) in [5.41, 5.74) is 1.68. The second-order valence-electron chi connectivity index (χ2n) is 5.83. The Labute approximate surface area is 151 Å². The van der Waals surface area contributed by atoms with Gasteiger partial charge in [0.15, 0.2) is 0 Å². The number of nitrogens with zero attached hydrogens (tertiary/aromatic N) is 1. The van der Waals surface area contributed by atoms with Crippen molar-refractivity contribution in [3.8, 4) is 5.75 Å². The zero-order valence-electron chi connectivity index (χ0n) is 13.1. The first-order chi connectivity index (χ1) is 11.5. The lowest BCUT2D eigenvalue weighted by molar-refractivity contribution is 0.102. The molecule has 0 spiro atoms. The molecule has 1 heterocycles. The Bertz CT molecular complexity index is 759. The normalized spacial score (nSPS) is 14.5. The van der Waals surface area contributed by atoms with Gasteiger partial charge in [-0.2, -0.15) is 0 Å². The van der Waals surface area contributed by atoms with E-state index in [2.05, 4.69) is 10.2 Å². The largest absolute Gasteiger partial charge is 0.507 e. The molecule has 0 radical (unpaired) electrons. The number of carbonyl (C=O) groups excluding carboxylic acids is 1. The second-order valence-corrected chi connectivity index (χ2v) is 6.67. The summed E-state index contributed by atoms with van der Waals surface area (Å²) >= 11 is 12.3. The van der Waals surface area contributed by atoms with Crippen LogP contribution >= 0.6 is 23.2 Å². The molecule has 6 heteroatoms. The quantitative estimate of drug-likeness (QED) is 0.810. The molecule has 1 aliphatic rings. The highest BCUT2D eigenvalue weighted by atomic mass is 35.5. The number of nitrogens with one attached hydrogen (secondary N) is 1. The van der Waals surface area contributed by atoms with Crippen molar-refractivity contribution in [3.05, 3.63) is 52.0 Å². The summed E-state index contributed by atoms with van der Waals surface area (Å²) in [4.78, 5) is 14.6. The van der Waals surface area contributed by atoms with Crippen LogP contribution in [0.5, 0.6) is 5.75 Å². The summed E-state index contributed by atoms with van der Waals surface area (Å²) in [6.45, 7) is 2.00. The van der Waals surface area contributed by atoms with Gasteiger partial charge in [0.2, 0.25) is 0 Å². The van der Waals surface area contributed by atoms with Crippen molar-refractivity contribution in [2.45, 2.75) is 19.3 Å². The molecule has 1 saturated heterocycles. The number of carbonyl (C=O) groups is 1. The van der Waals surface area contributed by atoms with E-state index in [1.54, 1.807) is 6.07 Å². The number of anilines is 2. The predicted molar refractivity (Wildman–Crippen MR) is 98.6 cm³/mol. The summed E-state index contributed by atoms with van der Waals surface area (Å²) in [5.74, 6) is -0.551. The lowest BCUT2D eigenvalue weighted by Crippen LogP contribution is -2.29. The zero-order valence-corrected chi connectivity index (χ0v) is 14.6. The third-order valence-electron chi connectivity index (χ3n) is 4.11. The van der Waals surface area contributed by atoms with E-state index in [1.807, 2.05) is 12.1 Å². The molecule has 1 amide bonds. The van der Waals surface area contributed by atoms with Gasteiger partial charge in [0.25, 0.3) is 5.91 Å². The predicted octanol–water partition coefficient (Wildman–Crippen LogP) is 4.94. The minimum absolute atomic E-state index is 0.118. The molecule has 0 saturated carbocycles. The average Bonchev–Trinajstić information content (AvgIpc) is 2.58. The first kappa shape index (κ1) is 16.9. The maximum Gasteiger partial charge on any atom is 0.259 e. The third-order valence-corrected chi connectivity index (χ3v) is 4.64. The molecule has 0 bridgehead atoms. The Morgan fingerprint density at radius 3 is 2.50 bits per heavy atom. The number of hydrogen-bond acceptors (Lipinski definition) is 3. The first-order valence-corrected chi connectivity index (χ1v) is 8.64. The van der Waals surface area contributed by atoms with Crippen LogP contribution in [0.25, 0.3) is 0 Å². The molecule has 0 aliphatic carbocycles. The van der Waals surface area contributed by atoms with Gasteiger partial charge in [-0.15, -0.1) is 0 Å². The standard InChI is InChI=1S/C18H18Cl2N2O2/c19-12-4-7-17(23)14(10-12)18(24)21-13-5-6-16(15(20)11-13)22-8-2-1-3-9-22/h4-7,10-11,23H,1-3,8-9H2,(H,21,24). The molecule has 126 valence electrons. The molecule has 4 nitrogen and oxygen atoms in total. The summed E-state index contributed by atoms with van der Waals surface area (Å²) in [6, 6.07) is 9.80. The lowest BCUT2D eigenvalue weighted by atomic mass is 10.1. The number of rotatable bonds is 3. The van der Waals surface area contributed by atoms with Crippen LogP contribution in [0.4, 0.5) is 11.4 Å². The lowest BCUT2D eigenvalue weighted by Gasteiger charge is -2.29. The van der Waals surface area contributed by atoms with Gasteiger partial charge in [-0.25, -0.2) is 0 Å². The van der Waals surface area contributed by atoms with Gasteiger partial charge in [0.05, 0.1) is 16.3 Å². The molecule has 0 unspecified atom stereocenters. The highest BCUT2D eigenvalue weighted by molar-refractivity contribution is 6.33. The van der Waals surface area contributed by atoms with Gasteiger partial charge in [-0.1, -0.05) is 23.2 Å². The Morgan fingerprint density at radius 2 is 1.79 bits per heavy atom. The molecular weight excluding hydrogens is 347 g/mol. The maximum absolute atomic E-state index is 12.3. The van der Waals surface area contributed by atoms with E-state index in [4.69, 9.17) is 23.2 Å². The molecule has 1 aliphatic heterocycles. The van der Waals surface area contributed by atoms with Crippen molar-refractivity contribution in [1.82, 2.24) is 0 Å². The van der Waals surface area contributed by atoms with E-state index in [0.717, 1.165) is 18.8 Å². The number of hydrogen-bond donors (Lipinski definition) is 2. The summed E-state index contributed by atoms with van der Waals surface area (Å²) < 4.78 is 0. The van der Waals surface area contributed by atoms with E-state index in [-0.39, 0.29) is 11.3 Å². The molecule has 2 aromatic rings.